The molecular formula is C19H20F6N4O3S. The molecule has 1 N–H and O–H groups in total. The van der Waals surface area contributed by atoms with Gasteiger partial charge in [0.2, 0.25) is 15.9 Å². The van der Waals surface area contributed by atoms with Crippen molar-refractivity contribution in [2.45, 2.75) is 36.8 Å². The maximum absolute atomic E-state index is 13.7. The van der Waals surface area contributed by atoms with E-state index in [0.717, 1.165) is 22.7 Å². The van der Waals surface area contributed by atoms with E-state index < -0.39 is 63.8 Å². The zero-order chi connectivity index (χ0) is 24.8. The van der Waals surface area contributed by atoms with Crippen LogP contribution in [0, 0.1) is 11.3 Å². The predicted octanol–water partition coefficient (Wildman–Crippen LogP) is 2.06. The van der Waals surface area contributed by atoms with Crippen LogP contribution in [0.25, 0.3) is 0 Å². The molecule has 0 bridgehead atoms. The number of piperazine rings is 1. The SMILES string of the molecule is CS(=O)(=O)N1CCN(C(=O)[C@@H]2CC(c3ccc(C#N)c(C(F)(F)F)c3)[C@H](C(F)(F)F)N2)CC1. The van der Waals surface area contributed by atoms with Gasteiger partial charge in [-0.1, -0.05) is 6.07 Å². The van der Waals surface area contributed by atoms with Crippen molar-refractivity contribution >= 4 is 15.9 Å². The Morgan fingerprint density at radius 2 is 1.73 bits per heavy atom. The summed E-state index contributed by atoms with van der Waals surface area (Å²) < 4.78 is 105. The first-order chi connectivity index (χ1) is 15.1. The number of alkyl halides is 6. The summed E-state index contributed by atoms with van der Waals surface area (Å²) >= 11 is 0. The molecule has 2 saturated heterocycles. The normalized spacial score (nSPS) is 25.2. The minimum atomic E-state index is -4.94. The quantitative estimate of drug-likeness (QED) is 0.645. The fourth-order valence-electron chi connectivity index (χ4n) is 4.20. The third-order valence-electron chi connectivity index (χ3n) is 5.84. The van der Waals surface area contributed by atoms with Gasteiger partial charge in [-0.05, 0) is 24.1 Å². The van der Waals surface area contributed by atoms with Gasteiger partial charge < -0.3 is 4.90 Å². The Kier molecular flexibility index (Phi) is 6.71. The predicted molar refractivity (Wildman–Crippen MR) is 103 cm³/mol. The van der Waals surface area contributed by atoms with Crippen molar-refractivity contribution < 1.29 is 39.6 Å². The highest BCUT2D eigenvalue weighted by molar-refractivity contribution is 7.88. The van der Waals surface area contributed by atoms with Gasteiger partial charge in [0.05, 0.1) is 29.5 Å². The first-order valence-corrected chi connectivity index (χ1v) is 11.7. The zero-order valence-corrected chi connectivity index (χ0v) is 18.1. The zero-order valence-electron chi connectivity index (χ0n) is 17.2. The minimum Gasteiger partial charge on any atom is -0.339 e. The Morgan fingerprint density at radius 3 is 2.21 bits per heavy atom. The number of nitrogens with zero attached hydrogens (tertiary/aromatic N) is 3. The second-order valence-electron chi connectivity index (χ2n) is 7.98. The maximum atomic E-state index is 13.7. The second-order valence-corrected chi connectivity index (χ2v) is 9.97. The van der Waals surface area contributed by atoms with Crippen LogP contribution in [0.4, 0.5) is 26.3 Å². The second kappa shape index (κ2) is 8.77. The Bertz CT molecular complexity index is 1060. The monoisotopic (exact) mass is 498 g/mol. The molecule has 7 nitrogen and oxygen atoms in total. The van der Waals surface area contributed by atoms with Crippen LogP contribution in [0.1, 0.15) is 29.0 Å². The average molecular weight is 498 g/mol. The smallest absolute Gasteiger partial charge is 0.339 e. The molecule has 1 amide bonds. The molecule has 0 aromatic heterocycles. The van der Waals surface area contributed by atoms with E-state index in [4.69, 9.17) is 5.26 Å². The highest BCUT2D eigenvalue weighted by atomic mass is 32.2. The van der Waals surface area contributed by atoms with Gasteiger partial charge in [-0.3, -0.25) is 10.1 Å². The standard InChI is InChI=1S/C19H20F6N4O3S/c1-33(31,32)29-6-4-28(5-7-29)17(30)15-9-13(16(27-15)19(23,24)25)11-2-3-12(10-26)14(8-11)18(20,21)22/h2-3,8,13,15-16,27H,4-7,9H2,1H3/t13?,15-,16+/m0/s1. The van der Waals surface area contributed by atoms with Crippen molar-refractivity contribution in [1.82, 2.24) is 14.5 Å². The summed E-state index contributed by atoms with van der Waals surface area (Å²) in [4.78, 5) is 14.1. The van der Waals surface area contributed by atoms with E-state index in [2.05, 4.69) is 5.32 Å². The third-order valence-corrected chi connectivity index (χ3v) is 7.14. The van der Waals surface area contributed by atoms with E-state index in [0.29, 0.717) is 6.07 Å². The Hall–Kier alpha value is -2.37. The fraction of sp³-hybridized carbons (Fsp3) is 0.579. The molecule has 2 fully saturated rings. The van der Waals surface area contributed by atoms with Crippen LogP contribution in [-0.4, -0.2) is 74.2 Å². The van der Waals surface area contributed by atoms with E-state index in [1.165, 1.54) is 11.0 Å². The molecule has 3 rings (SSSR count). The van der Waals surface area contributed by atoms with Gasteiger partial charge in [0.25, 0.3) is 0 Å². The lowest BCUT2D eigenvalue weighted by atomic mass is 9.88. The van der Waals surface area contributed by atoms with Gasteiger partial charge in [0.1, 0.15) is 6.04 Å². The molecule has 1 unspecified atom stereocenters. The number of sulfonamides is 1. The van der Waals surface area contributed by atoms with Crippen LogP contribution in [0.15, 0.2) is 18.2 Å². The lowest BCUT2D eigenvalue weighted by molar-refractivity contribution is -0.156. The summed E-state index contributed by atoms with van der Waals surface area (Å²) in [6.45, 7) is -0.0387. The van der Waals surface area contributed by atoms with Crippen molar-refractivity contribution in [2.24, 2.45) is 0 Å². The molecule has 2 aliphatic rings. The molecule has 0 saturated carbocycles. The van der Waals surface area contributed by atoms with Gasteiger partial charge in [-0.2, -0.15) is 35.9 Å². The van der Waals surface area contributed by atoms with Crippen LogP contribution in [0.5, 0.6) is 0 Å². The van der Waals surface area contributed by atoms with Crippen LogP contribution in [-0.2, 0) is 21.0 Å². The molecule has 2 aliphatic heterocycles. The number of halogens is 6. The Balaban J connectivity index is 1.85. The van der Waals surface area contributed by atoms with Crippen LogP contribution < -0.4 is 5.32 Å². The van der Waals surface area contributed by atoms with Gasteiger partial charge in [0.15, 0.2) is 0 Å². The molecule has 1 aromatic rings. The van der Waals surface area contributed by atoms with E-state index in [1.54, 1.807) is 0 Å². The number of carbonyl (C=O) groups is 1. The summed E-state index contributed by atoms with van der Waals surface area (Å²) in [5.41, 5.74) is -2.33. The van der Waals surface area contributed by atoms with E-state index in [-0.39, 0.29) is 31.7 Å². The lowest BCUT2D eigenvalue weighted by Gasteiger charge is -2.34. The largest absolute Gasteiger partial charge is 0.417 e. The van der Waals surface area contributed by atoms with Gasteiger partial charge in [-0.25, -0.2) is 8.42 Å². The van der Waals surface area contributed by atoms with Crippen molar-refractivity contribution in [2.75, 3.05) is 32.4 Å². The van der Waals surface area contributed by atoms with Crippen LogP contribution in [0.2, 0.25) is 0 Å². The average Bonchev–Trinajstić information content (AvgIpc) is 3.17. The summed E-state index contributed by atoms with van der Waals surface area (Å²) in [5, 5.41) is 11.1. The molecule has 0 aliphatic carbocycles. The number of benzene rings is 1. The molecule has 0 spiro atoms. The molecule has 1 aromatic carbocycles. The lowest BCUT2D eigenvalue weighted by Crippen LogP contribution is -2.55. The summed E-state index contributed by atoms with van der Waals surface area (Å²) in [6, 6.07) is 0.197. The first kappa shape index (κ1) is 25.3. The number of nitriles is 1. The van der Waals surface area contributed by atoms with Crippen molar-refractivity contribution in [3.8, 4) is 6.07 Å². The van der Waals surface area contributed by atoms with E-state index >= 15 is 0 Å². The maximum Gasteiger partial charge on any atom is 0.417 e. The highest BCUT2D eigenvalue weighted by Gasteiger charge is 2.53. The topological polar surface area (TPSA) is 93.5 Å². The molecule has 182 valence electrons. The van der Waals surface area contributed by atoms with Gasteiger partial charge >= 0.3 is 12.4 Å². The molecule has 0 radical (unpaired) electrons. The number of hydrogen-bond donors (Lipinski definition) is 1. The molecule has 33 heavy (non-hydrogen) atoms. The van der Waals surface area contributed by atoms with Crippen molar-refractivity contribution in [3.63, 3.8) is 0 Å². The highest BCUT2D eigenvalue weighted by Crippen LogP contribution is 2.42. The summed E-state index contributed by atoms with van der Waals surface area (Å²) in [7, 11) is -3.47. The van der Waals surface area contributed by atoms with Crippen molar-refractivity contribution in [1.29, 1.82) is 5.26 Å². The molecule has 14 heteroatoms. The molecule has 2 heterocycles. The van der Waals surface area contributed by atoms with Crippen LogP contribution >= 0.6 is 0 Å². The Morgan fingerprint density at radius 1 is 1.12 bits per heavy atom. The Labute approximate surface area is 186 Å². The van der Waals surface area contributed by atoms with Crippen molar-refractivity contribution in [3.05, 3.63) is 34.9 Å². The summed E-state index contributed by atoms with van der Waals surface area (Å²) in [6.07, 6.45) is -9.18. The fourth-order valence-corrected chi connectivity index (χ4v) is 5.03. The van der Waals surface area contributed by atoms with Crippen LogP contribution in [0.3, 0.4) is 0 Å². The number of carbonyl (C=O) groups excluding carboxylic acids is 1. The van der Waals surface area contributed by atoms with E-state index in [1.807, 2.05) is 0 Å². The number of rotatable bonds is 3. The summed E-state index contributed by atoms with van der Waals surface area (Å²) in [5.74, 6) is -2.16. The van der Waals surface area contributed by atoms with Gasteiger partial charge in [-0.15, -0.1) is 0 Å². The third kappa shape index (κ3) is 5.42. The number of amides is 1. The first-order valence-electron chi connectivity index (χ1n) is 9.81. The number of hydrogen-bond acceptors (Lipinski definition) is 5. The van der Waals surface area contributed by atoms with E-state index in [9.17, 15) is 39.6 Å². The van der Waals surface area contributed by atoms with Gasteiger partial charge in [0, 0.05) is 32.1 Å². The minimum absolute atomic E-state index is 0.00597. The molecule has 3 atom stereocenters. The molecular weight excluding hydrogens is 478 g/mol. The number of nitrogens with one attached hydrogen (secondary N) is 1.